The lowest BCUT2D eigenvalue weighted by Crippen LogP contribution is -2.56. The Morgan fingerprint density at radius 2 is 2.00 bits per heavy atom. The first-order valence-electron chi connectivity index (χ1n) is 7.38. The summed E-state index contributed by atoms with van der Waals surface area (Å²) >= 11 is 6.40. The van der Waals surface area contributed by atoms with Crippen LogP contribution in [0.4, 0.5) is 5.69 Å². The molecule has 1 N–H and O–H groups in total. The van der Waals surface area contributed by atoms with Gasteiger partial charge in [0.2, 0.25) is 0 Å². The van der Waals surface area contributed by atoms with Gasteiger partial charge in [-0.25, -0.2) is 0 Å². The summed E-state index contributed by atoms with van der Waals surface area (Å²) < 4.78 is 0. The lowest BCUT2D eigenvalue weighted by atomic mass is 9.81. The van der Waals surface area contributed by atoms with Crippen molar-refractivity contribution in [3.8, 4) is 6.07 Å². The standard InChI is InChI=1S/C16H20ClN3/c1-19-12-8-13-3-2-4-14(9-12)20(13)16-7-11(10-18)5-6-15(16)17/h5-7,12-14,19H,2-4,8-9H2,1H3. The maximum atomic E-state index is 9.11. The molecule has 1 aromatic carbocycles. The Kier molecular flexibility index (Phi) is 3.87. The van der Waals surface area contributed by atoms with Gasteiger partial charge in [-0.15, -0.1) is 0 Å². The van der Waals surface area contributed by atoms with Gasteiger partial charge in [0.05, 0.1) is 22.3 Å². The van der Waals surface area contributed by atoms with Gasteiger partial charge in [-0.3, -0.25) is 0 Å². The van der Waals surface area contributed by atoms with Crippen molar-refractivity contribution in [2.75, 3.05) is 11.9 Å². The minimum atomic E-state index is 0.548. The first-order chi connectivity index (χ1) is 9.72. The van der Waals surface area contributed by atoms with E-state index in [2.05, 4.69) is 23.3 Å². The average Bonchev–Trinajstić information content (AvgIpc) is 2.46. The van der Waals surface area contributed by atoms with Crippen molar-refractivity contribution in [1.82, 2.24) is 5.32 Å². The largest absolute Gasteiger partial charge is 0.364 e. The van der Waals surface area contributed by atoms with Crippen molar-refractivity contribution in [2.24, 2.45) is 0 Å². The molecule has 0 saturated carbocycles. The molecular formula is C16H20ClN3. The summed E-state index contributed by atoms with van der Waals surface area (Å²) in [7, 11) is 2.05. The second-order valence-corrected chi connectivity index (χ2v) is 6.29. The van der Waals surface area contributed by atoms with E-state index < -0.39 is 0 Å². The van der Waals surface area contributed by atoms with Crippen LogP contribution in [0, 0.1) is 11.3 Å². The zero-order chi connectivity index (χ0) is 14.1. The van der Waals surface area contributed by atoms with E-state index in [1.807, 2.05) is 12.1 Å². The predicted octanol–water partition coefficient (Wildman–Crippen LogP) is 3.32. The van der Waals surface area contributed by atoms with Gasteiger partial charge in [-0.05, 0) is 57.4 Å². The Hall–Kier alpha value is -1.24. The van der Waals surface area contributed by atoms with Gasteiger partial charge in [0.1, 0.15) is 0 Å². The number of nitrogens with one attached hydrogen (secondary N) is 1. The van der Waals surface area contributed by atoms with Crippen LogP contribution in [-0.2, 0) is 0 Å². The van der Waals surface area contributed by atoms with Crippen LogP contribution in [0.15, 0.2) is 18.2 Å². The van der Waals surface area contributed by atoms with Crippen LogP contribution in [0.3, 0.4) is 0 Å². The fourth-order valence-corrected chi connectivity index (χ4v) is 4.01. The molecule has 0 spiro atoms. The monoisotopic (exact) mass is 289 g/mol. The highest BCUT2D eigenvalue weighted by Crippen LogP contribution is 2.40. The summed E-state index contributed by atoms with van der Waals surface area (Å²) in [6, 6.07) is 9.53. The molecule has 2 unspecified atom stereocenters. The van der Waals surface area contributed by atoms with Crippen molar-refractivity contribution in [3.63, 3.8) is 0 Å². The SMILES string of the molecule is CNC1CC2CCCC(C1)N2c1cc(C#N)ccc1Cl. The number of halogens is 1. The van der Waals surface area contributed by atoms with Gasteiger partial charge in [0.25, 0.3) is 0 Å². The number of anilines is 1. The number of hydrogen-bond acceptors (Lipinski definition) is 3. The molecule has 106 valence electrons. The number of nitriles is 1. The van der Waals surface area contributed by atoms with E-state index >= 15 is 0 Å². The third-order valence-electron chi connectivity index (χ3n) is 4.74. The van der Waals surface area contributed by atoms with Crippen molar-refractivity contribution >= 4 is 17.3 Å². The molecule has 2 bridgehead atoms. The molecule has 4 heteroatoms. The smallest absolute Gasteiger partial charge is 0.0992 e. The highest BCUT2D eigenvalue weighted by molar-refractivity contribution is 6.33. The van der Waals surface area contributed by atoms with E-state index in [9.17, 15) is 0 Å². The van der Waals surface area contributed by atoms with Gasteiger partial charge in [-0.1, -0.05) is 11.6 Å². The topological polar surface area (TPSA) is 39.1 Å². The van der Waals surface area contributed by atoms with Crippen molar-refractivity contribution < 1.29 is 0 Å². The first kappa shape index (κ1) is 13.7. The fraction of sp³-hybridized carbons (Fsp3) is 0.562. The van der Waals surface area contributed by atoms with Crippen LogP contribution in [0.25, 0.3) is 0 Å². The fourth-order valence-electron chi connectivity index (χ4n) is 3.79. The molecule has 20 heavy (non-hydrogen) atoms. The Bertz CT molecular complexity index is 523. The highest BCUT2D eigenvalue weighted by Gasteiger charge is 2.38. The lowest BCUT2D eigenvalue weighted by molar-refractivity contribution is 0.252. The number of benzene rings is 1. The van der Waals surface area contributed by atoms with Crippen molar-refractivity contribution in [1.29, 1.82) is 5.26 Å². The molecule has 2 fully saturated rings. The van der Waals surface area contributed by atoms with Crippen LogP contribution in [0.5, 0.6) is 0 Å². The number of rotatable bonds is 2. The highest BCUT2D eigenvalue weighted by atomic mass is 35.5. The van der Waals surface area contributed by atoms with E-state index in [0.717, 1.165) is 10.7 Å². The van der Waals surface area contributed by atoms with Gasteiger partial charge in [0.15, 0.2) is 0 Å². The summed E-state index contributed by atoms with van der Waals surface area (Å²) in [5.41, 5.74) is 1.74. The lowest BCUT2D eigenvalue weighted by Gasteiger charge is -2.50. The van der Waals surface area contributed by atoms with E-state index in [0.29, 0.717) is 23.7 Å². The Morgan fingerprint density at radius 3 is 2.60 bits per heavy atom. The van der Waals surface area contributed by atoms with Crippen LogP contribution in [0.2, 0.25) is 5.02 Å². The Morgan fingerprint density at radius 1 is 1.30 bits per heavy atom. The summed E-state index contributed by atoms with van der Waals surface area (Å²) in [6.07, 6.45) is 6.08. The van der Waals surface area contributed by atoms with Crippen LogP contribution in [-0.4, -0.2) is 25.2 Å². The molecule has 0 aromatic heterocycles. The second kappa shape index (κ2) is 5.63. The van der Waals surface area contributed by atoms with Crippen LogP contribution >= 0.6 is 11.6 Å². The maximum Gasteiger partial charge on any atom is 0.0992 e. The molecule has 0 amide bonds. The maximum absolute atomic E-state index is 9.11. The molecular weight excluding hydrogens is 270 g/mol. The van der Waals surface area contributed by atoms with E-state index in [1.54, 1.807) is 6.07 Å². The molecule has 2 aliphatic rings. The van der Waals surface area contributed by atoms with Gasteiger partial charge >= 0.3 is 0 Å². The average molecular weight is 290 g/mol. The molecule has 2 atom stereocenters. The summed E-state index contributed by atoms with van der Waals surface area (Å²) in [6.45, 7) is 0. The van der Waals surface area contributed by atoms with Crippen molar-refractivity contribution in [2.45, 2.75) is 50.2 Å². The summed E-state index contributed by atoms with van der Waals surface area (Å²) in [5.74, 6) is 0. The van der Waals surface area contributed by atoms with E-state index in [1.165, 1.54) is 32.1 Å². The van der Waals surface area contributed by atoms with Crippen LogP contribution < -0.4 is 10.2 Å². The van der Waals surface area contributed by atoms with Crippen molar-refractivity contribution in [3.05, 3.63) is 28.8 Å². The minimum Gasteiger partial charge on any atom is -0.364 e. The number of nitrogens with zero attached hydrogens (tertiary/aromatic N) is 2. The minimum absolute atomic E-state index is 0.548. The molecule has 3 rings (SSSR count). The molecule has 0 aliphatic carbocycles. The molecule has 2 aliphatic heterocycles. The predicted molar refractivity (Wildman–Crippen MR) is 82.2 cm³/mol. The number of hydrogen-bond donors (Lipinski definition) is 1. The normalized spacial score (nSPS) is 29.1. The van der Waals surface area contributed by atoms with E-state index in [-0.39, 0.29) is 0 Å². The number of piperidine rings is 2. The second-order valence-electron chi connectivity index (χ2n) is 5.88. The molecule has 1 aromatic rings. The Labute approximate surface area is 125 Å². The van der Waals surface area contributed by atoms with Gasteiger partial charge in [-0.2, -0.15) is 5.26 Å². The molecule has 2 saturated heterocycles. The van der Waals surface area contributed by atoms with Gasteiger partial charge < -0.3 is 10.2 Å². The zero-order valence-electron chi connectivity index (χ0n) is 11.8. The first-order valence-corrected chi connectivity index (χ1v) is 7.76. The third-order valence-corrected chi connectivity index (χ3v) is 5.06. The van der Waals surface area contributed by atoms with Gasteiger partial charge in [0, 0.05) is 18.1 Å². The zero-order valence-corrected chi connectivity index (χ0v) is 12.5. The third kappa shape index (κ3) is 2.39. The molecule has 2 heterocycles. The summed E-state index contributed by atoms with van der Waals surface area (Å²) in [4.78, 5) is 2.49. The van der Waals surface area contributed by atoms with E-state index in [4.69, 9.17) is 16.9 Å². The molecule has 3 nitrogen and oxygen atoms in total. The summed E-state index contributed by atoms with van der Waals surface area (Å²) in [5, 5.41) is 13.3. The quantitative estimate of drug-likeness (QED) is 0.908. The van der Waals surface area contributed by atoms with Crippen LogP contribution in [0.1, 0.15) is 37.7 Å². The number of fused-ring (bicyclic) bond motifs is 2. The molecule has 0 radical (unpaired) electrons. The Balaban J connectivity index is 1.95.